The molecule has 0 spiro atoms. The molecule has 1 unspecified atom stereocenters. The summed E-state index contributed by atoms with van der Waals surface area (Å²) in [6.07, 6.45) is 3.73. The summed E-state index contributed by atoms with van der Waals surface area (Å²) in [5, 5.41) is 4.10. The fourth-order valence-electron chi connectivity index (χ4n) is 3.58. The Labute approximate surface area is 208 Å². The maximum Gasteiger partial charge on any atom is 0.285 e. The van der Waals surface area contributed by atoms with Gasteiger partial charge in [-0.1, -0.05) is 55.4 Å². The van der Waals surface area contributed by atoms with Crippen LogP contribution in [0.2, 0.25) is 0 Å². The number of benzene rings is 1. The molecule has 188 valence electrons. The van der Waals surface area contributed by atoms with Gasteiger partial charge in [0.05, 0.1) is 18.5 Å². The van der Waals surface area contributed by atoms with E-state index in [4.69, 9.17) is 19.9 Å². The second-order valence-electron chi connectivity index (χ2n) is 8.91. The standard InChI is InChI=1S/C25H27N4O6P/c1-25(2,19-7-4-3-5-8-19)16-33-23-11-10-18(15-27-23)13-20-14-22(35-28-20)21-9-6-12-29(24(21)26)17-34-36(30,31)32/h3-12,14-15,26H,13,16-17H2,1-2H3,(H2,30,31,32). The van der Waals surface area contributed by atoms with Crippen molar-refractivity contribution in [3.63, 3.8) is 0 Å². The summed E-state index contributed by atoms with van der Waals surface area (Å²) in [4.78, 5) is 24.1. The van der Waals surface area contributed by atoms with Crippen LogP contribution in [0.25, 0.3) is 11.3 Å². The van der Waals surface area contributed by atoms with E-state index < -0.39 is 14.6 Å². The number of nitrogens with zero attached hydrogens (tertiary/aromatic N) is 3. The number of aromatic nitrogens is 3. The van der Waals surface area contributed by atoms with Gasteiger partial charge in [-0.2, -0.15) is 0 Å². The maximum absolute atomic E-state index is 10.9. The smallest absolute Gasteiger partial charge is 0.285 e. The van der Waals surface area contributed by atoms with Crippen LogP contribution in [-0.4, -0.2) is 21.6 Å². The lowest BCUT2D eigenvalue weighted by Crippen LogP contribution is -2.38. The molecule has 0 aliphatic rings. The number of hydrogen-bond donors (Lipinski definition) is 2. The molecule has 36 heavy (non-hydrogen) atoms. The number of nitrogen functional groups attached to an aromatic ring is 1. The zero-order chi connectivity index (χ0) is 25.8. The van der Waals surface area contributed by atoms with Crippen LogP contribution in [0.1, 0.15) is 30.7 Å². The normalized spacial score (nSPS) is 13.3. The summed E-state index contributed by atoms with van der Waals surface area (Å²) in [5.41, 5.74) is 9.24. The number of ether oxygens (including phenoxy) is 1. The topological polar surface area (TPSA) is 148 Å². The maximum atomic E-state index is 10.9. The van der Waals surface area contributed by atoms with Crippen molar-refractivity contribution in [1.29, 1.82) is 0 Å². The molecule has 4 aromatic rings. The Hall–Kier alpha value is -3.56. The fourth-order valence-corrected chi connectivity index (χ4v) is 3.85. The molecular weight excluding hydrogens is 483 g/mol. The van der Waals surface area contributed by atoms with E-state index in [1.807, 2.05) is 30.3 Å². The molecule has 0 saturated heterocycles. The number of pyridine rings is 2. The van der Waals surface area contributed by atoms with E-state index in [0.29, 0.717) is 35.9 Å². The van der Waals surface area contributed by atoms with Crippen molar-refractivity contribution < 1.29 is 32.7 Å². The molecule has 3 N–H and O–H groups in total. The highest BCUT2D eigenvalue weighted by molar-refractivity contribution is 7.44. The van der Waals surface area contributed by atoms with Gasteiger partial charge in [0.25, 0.3) is 13.6 Å². The number of rotatable bonds is 10. The molecule has 10 nitrogen and oxygen atoms in total. The van der Waals surface area contributed by atoms with Crippen LogP contribution in [0.4, 0.5) is 5.82 Å². The van der Waals surface area contributed by atoms with Crippen LogP contribution in [0.5, 0.6) is 5.88 Å². The summed E-state index contributed by atoms with van der Waals surface area (Å²) in [5.74, 6) is 1.13. The lowest BCUT2D eigenvalue weighted by Gasteiger charge is -2.25. The minimum atomic E-state index is -4.88. The van der Waals surface area contributed by atoms with E-state index in [2.05, 4.69) is 40.6 Å². The molecule has 4 rings (SSSR count). The highest BCUT2D eigenvalue weighted by Crippen LogP contribution is 2.31. The number of nitrogens with two attached hydrogens (primary N) is 1. The van der Waals surface area contributed by atoms with Crippen molar-refractivity contribution in [1.82, 2.24) is 10.1 Å². The number of phosphoric acid groups is 1. The fraction of sp³-hybridized carbons (Fsp3) is 0.240. The molecule has 3 aromatic heterocycles. The zero-order valence-electron chi connectivity index (χ0n) is 19.9. The van der Waals surface area contributed by atoms with Crippen LogP contribution in [0.15, 0.2) is 77.6 Å². The Morgan fingerprint density at radius 2 is 1.94 bits per heavy atom. The molecule has 0 aliphatic heterocycles. The van der Waals surface area contributed by atoms with Gasteiger partial charge < -0.3 is 19.0 Å². The van der Waals surface area contributed by atoms with Crippen molar-refractivity contribution in [3.05, 3.63) is 89.9 Å². The third-order valence-corrected chi connectivity index (χ3v) is 6.06. The monoisotopic (exact) mass is 510 g/mol. The van der Waals surface area contributed by atoms with Crippen LogP contribution in [0.3, 0.4) is 0 Å². The Balaban J connectivity index is 1.39. The van der Waals surface area contributed by atoms with E-state index >= 15 is 0 Å². The molecule has 0 amide bonds. The quantitative estimate of drug-likeness (QED) is 0.243. The van der Waals surface area contributed by atoms with Crippen LogP contribution in [0, 0.1) is 0 Å². The predicted octanol–water partition coefficient (Wildman–Crippen LogP) is 2.99. The van der Waals surface area contributed by atoms with E-state index in [9.17, 15) is 9.46 Å². The van der Waals surface area contributed by atoms with Gasteiger partial charge in [0.15, 0.2) is 12.5 Å². The first-order valence-corrected chi connectivity index (χ1v) is 12.7. The van der Waals surface area contributed by atoms with Gasteiger partial charge in [-0.3, -0.25) is 14.8 Å². The number of hydrogen-bond acceptors (Lipinski definition) is 8. The van der Waals surface area contributed by atoms with E-state index in [0.717, 1.165) is 5.56 Å². The Morgan fingerprint density at radius 3 is 2.64 bits per heavy atom. The average molecular weight is 510 g/mol. The lowest BCUT2D eigenvalue weighted by molar-refractivity contribution is -0.712. The van der Waals surface area contributed by atoms with E-state index in [1.54, 1.807) is 24.4 Å². The summed E-state index contributed by atoms with van der Waals surface area (Å²) in [6.45, 7) is 4.27. The second-order valence-corrected chi connectivity index (χ2v) is 10.1. The van der Waals surface area contributed by atoms with Crippen LogP contribution < -0.4 is 19.9 Å². The van der Waals surface area contributed by atoms with Crippen molar-refractivity contribution in [2.45, 2.75) is 32.4 Å². The first-order chi connectivity index (χ1) is 17.1. The molecule has 0 radical (unpaired) electrons. The first-order valence-electron chi connectivity index (χ1n) is 11.2. The lowest BCUT2D eigenvalue weighted by atomic mass is 9.86. The second kappa shape index (κ2) is 10.6. The molecule has 0 bridgehead atoms. The van der Waals surface area contributed by atoms with Gasteiger partial charge in [-0.05, 0) is 23.3 Å². The molecule has 11 heteroatoms. The van der Waals surface area contributed by atoms with Gasteiger partial charge >= 0.3 is 0 Å². The summed E-state index contributed by atoms with van der Waals surface area (Å²) < 4.78 is 28.0. The van der Waals surface area contributed by atoms with Gasteiger partial charge in [-0.15, -0.1) is 0 Å². The Kier molecular flexibility index (Phi) is 7.51. The minimum absolute atomic E-state index is 0.158. The molecule has 0 saturated carbocycles. The van der Waals surface area contributed by atoms with Crippen molar-refractivity contribution in [2.75, 3.05) is 12.3 Å². The third-order valence-electron chi connectivity index (χ3n) is 5.62. The SMILES string of the molecule is CC(C)(COc1ccc(Cc2cc(-c3ccc[n+](COP(=O)([O-])O)c3N)on2)cn1)c1ccccc1. The highest BCUT2D eigenvalue weighted by atomic mass is 31.2. The zero-order valence-corrected chi connectivity index (χ0v) is 20.8. The van der Waals surface area contributed by atoms with Gasteiger partial charge in [0, 0.05) is 30.2 Å². The Bertz CT molecular complexity index is 1350. The highest BCUT2D eigenvalue weighted by Gasteiger charge is 2.22. The first kappa shape index (κ1) is 25.5. The number of phosphoric ester groups is 1. The van der Waals surface area contributed by atoms with E-state index in [1.165, 1.54) is 16.3 Å². The number of anilines is 1. The van der Waals surface area contributed by atoms with Gasteiger partial charge in [0.2, 0.25) is 5.88 Å². The molecule has 1 aromatic carbocycles. The van der Waals surface area contributed by atoms with Crippen LogP contribution in [-0.2, 0) is 27.7 Å². The average Bonchev–Trinajstić information content (AvgIpc) is 3.31. The van der Waals surface area contributed by atoms with Crippen LogP contribution >= 0.6 is 7.82 Å². The van der Waals surface area contributed by atoms with Crippen molar-refractivity contribution in [3.8, 4) is 17.2 Å². The summed E-state index contributed by atoms with van der Waals surface area (Å²) in [6, 6.07) is 19.0. The van der Waals surface area contributed by atoms with Crippen molar-refractivity contribution >= 4 is 13.6 Å². The van der Waals surface area contributed by atoms with E-state index in [-0.39, 0.29) is 11.2 Å². The third kappa shape index (κ3) is 6.56. The molecule has 1 atom stereocenters. The predicted molar refractivity (Wildman–Crippen MR) is 129 cm³/mol. The van der Waals surface area contributed by atoms with Gasteiger partial charge in [0.1, 0.15) is 5.56 Å². The van der Waals surface area contributed by atoms with Gasteiger partial charge in [-0.25, -0.2) is 9.55 Å². The molecular formula is C25H27N4O6P. The molecule has 0 fully saturated rings. The Morgan fingerprint density at radius 1 is 1.17 bits per heavy atom. The summed E-state index contributed by atoms with van der Waals surface area (Å²) in [7, 11) is -4.88. The largest absolute Gasteiger partial charge is 0.756 e. The van der Waals surface area contributed by atoms with Crippen molar-refractivity contribution in [2.24, 2.45) is 0 Å². The molecule has 0 aliphatic carbocycles. The summed E-state index contributed by atoms with van der Waals surface area (Å²) >= 11 is 0. The minimum Gasteiger partial charge on any atom is -0.756 e. The molecule has 3 heterocycles.